The molecular formula is C11H13Cl2NO2. The highest BCUT2D eigenvalue weighted by Crippen LogP contribution is 2.21. The first-order valence-electron chi connectivity index (χ1n) is 4.95. The van der Waals surface area contributed by atoms with Crippen LogP contribution in [0.25, 0.3) is 0 Å². The molecule has 0 spiro atoms. The maximum atomic E-state index is 11.4. The van der Waals surface area contributed by atoms with Crippen molar-refractivity contribution < 1.29 is 9.90 Å². The molecule has 0 aliphatic carbocycles. The summed E-state index contributed by atoms with van der Waals surface area (Å²) in [6.07, 6.45) is 0.779. The highest BCUT2D eigenvalue weighted by atomic mass is 35.5. The number of halogens is 2. The number of hydrogen-bond donors (Lipinski definition) is 2. The SMILES string of the molecule is O=C(Cc1ccc(Cl)cc1Cl)NCCCO. The molecule has 0 aromatic heterocycles. The van der Waals surface area contributed by atoms with Gasteiger partial charge in [-0.25, -0.2) is 0 Å². The summed E-state index contributed by atoms with van der Waals surface area (Å²) in [7, 11) is 0. The van der Waals surface area contributed by atoms with E-state index in [4.69, 9.17) is 28.3 Å². The van der Waals surface area contributed by atoms with Crippen molar-refractivity contribution in [2.24, 2.45) is 0 Å². The Labute approximate surface area is 104 Å². The van der Waals surface area contributed by atoms with Gasteiger partial charge < -0.3 is 10.4 Å². The average molecular weight is 262 g/mol. The first kappa shape index (κ1) is 13.3. The molecule has 16 heavy (non-hydrogen) atoms. The molecule has 88 valence electrons. The number of rotatable bonds is 5. The van der Waals surface area contributed by atoms with Gasteiger partial charge in [0.25, 0.3) is 0 Å². The molecule has 0 atom stereocenters. The Morgan fingerprint density at radius 1 is 1.38 bits per heavy atom. The van der Waals surface area contributed by atoms with Crippen molar-refractivity contribution in [3.8, 4) is 0 Å². The maximum absolute atomic E-state index is 11.4. The summed E-state index contributed by atoms with van der Waals surface area (Å²) in [6, 6.07) is 5.04. The second-order valence-electron chi connectivity index (χ2n) is 3.34. The van der Waals surface area contributed by atoms with Gasteiger partial charge in [0.2, 0.25) is 5.91 Å². The summed E-state index contributed by atoms with van der Waals surface area (Å²) in [6.45, 7) is 0.544. The number of benzene rings is 1. The minimum atomic E-state index is -0.113. The van der Waals surface area contributed by atoms with E-state index in [1.807, 2.05) is 0 Å². The third kappa shape index (κ3) is 4.39. The van der Waals surface area contributed by atoms with Crippen LogP contribution in [0.5, 0.6) is 0 Å². The summed E-state index contributed by atoms with van der Waals surface area (Å²) in [5.41, 5.74) is 0.743. The van der Waals surface area contributed by atoms with Crippen molar-refractivity contribution in [3.63, 3.8) is 0 Å². The Hall–Kier alpha value is -0.770. The van der Waals surface area contributed by atoms with Crippen LogP contribution in [0.4, 0.5) is 0 Å². The van der Waals surface area contributed by atoms with Crippen LogP contribution in [0.15, 0.2) is 18.2 Å². The highest BCUT2D eigenvalue weighted by molar-refractivity contribution is 6.35. The molecule has 1 aromatic carbocycles. The van der Waals surface area contributed by atoms with Crippen LogP contribution in [0, 0.1) is 0 Å². The molecule has 0 saturated heterocycles. The second-order valence-corrected chi connectivity index (χ2v) is 4.18. The number of nitrogens with one attached hydrogen (secondary N) is 1. The normalized spacial score (nSPS) is 10.2. The van der Waals surface area contributed by atoms with Crippen LogP contribution in [0.1, 0.15) is 12.0 Å². The minimum Gasteiger partial charge on any atom is -0.396 e. The Morgan fingerprint density at radius 3 is 2.75 bits per heavy atom. The van der Waals surface area contributed by atoms with Crippen LogP contribution < -0.4 is 5.32 Å². The van der Waals surface area contributed by atoms with Crippen molar-refractivity contribution >= 4 is 29.1 Å². The van der Waals surface area contributed by atoms with Crippen LogP contribution in [-0.4, -0.2) is 24.2 Å². The van der Waals surface area contributed by atoms with Gasteiger partial charge in [0, 0.05) is 23.2 Å². The Kier molecular flexibility index (Phi) is 5.60. The number of carbonyl (C=O) groups excluding carboxylic acids is 1. The molecule has 2 N–H and O–H groups in total. The van der Waals surface area contributed by atoms with Gasteiger partial charge in [0.1, 0.15) is 0 Å². The second kappa shape index (κ2) is 6.74. The maximum Gasteiger partial charge on any atom is 0.224 e. The number of aliphatic hydroxyl groups is 1. The predicted octanol–water partition coefficient (Wildman–Crippen LogP) is 2.03. The first-order chi connectivity index (χ1) is 7.63. The fourth-order valence-corrected chi connectivity index (χ4v) is 1.68. The monoisotopic (exact) mass is 261 g/mol. The summed E-state index contributed by atoms with van der Waals surface area (Å²) in [5, 5.41) is 12.3. The zero-order valence-corrected chi connectivity index (χ0v) is 10.2. The van der Waals surface area contributed by atoms with Gasteiger partial charge >= 0.3 is 0 Å². The lowest BCUT2D eigenvalue weighted by Crippen LogP contribution is -2.26. The van der Waals surface area contributed by atoms with Crippen molar-refractivity contribution in [3.05, 3.63) is 33.8 Å². The van der Waals surface area contributed by atoms with Crippen molar-refractivity contribution in [2.45, 2.75) is 12.8 Å². The van der Waals surface area contributed by atoms with Crippen LogP contribution in [0.3, 0.4) is 0 Å². The van der Waals surface area contributed by atoms with Gasteiger partial charge in [-0.3, -0.25) is 4.79 Å². The highest BCUT2D eigenvalue weighted by Gasteiger charge is 2.06. The van der Waals surface area contributed by atoms with Crippen molar-refractivity contribution in [1.29, 1.82) is 0 Å². The Bertz CT molecular complexity index is 369. The molecule has 0 fully saturated rings. The summed E-state index contributed by atoms with van der Waals surface area (Å²) in [4.78, 5) is 11.4. The molecule has 0 saturated carbocycles. The van der Waals surface area contributed by atoms with Gasteiger partial charge in [0.15, 0.2) is 0 Å². The standard InChI is InChI=1S/C11H13Cl2NO2/c12-9-3-2-8(10(13)7-9)6-11(16)14-4-1-5-15/h2-3,7,15H,1,4-6H2,(H,14,16). The van der Waals surface area contributed by atoms with Crippen LogP contribution >= 0.6 is 23.2 Å². The number of hydrogen-bond acceptors (Lipinski definition) is 2. The molecule has 1 amide bonds. The molecule has 5 heteroatoms. The molecule has 1 aromatic rings. The van der Waals surface area contributed by atoms with E-state index >= 15 is 0 Å². The zero-order valence-electron chi connectivity index (χ0n) is 8.67. The van der Waals surface area contributed by atoms with E-state index in [0.717, 1.165) is 5.56 Å². The first-order valence-corrected chi connectivity index (χ1v) is 5.70. The lowest BCUT2D eigenvalue weighted by Gasteiger charge is -2.06. The fraction of sp³-hybridized carbons (Fsp3) is 0.364. The average Bonchev–Trinajstić information content (AvgIpc) is 2.23. The van der Waals surface area contributed by atoms with Gasteiger partial charge in [-0.05, 0) is 24.1 Å². The molecule has 3 nitrogen and oxygen atoms in total. The lowest BCUT2D eigenvalue weighted by atomic mass is 10.1. The quantitative estimate of drug-likeness (QED) is 0.798. The lowest BCUT2D eigenvalue weighted by molar-refractivity contribution is -0.120. The van der Waals surface area contributed by atoms with Crippen molar-refractivity contribution in [1.82, 2.24) is 5.32 Å². The third-order valence-electron chi connectivity index (χ3n) is 2.02. The van der Waals surface area contributed by atoms with E-state index in [1.165, 1.54) is 0 Å². The smallest absolute Gasteiger partial charge is 0.224 e. The van der Waals surface area contributed by atoms with Crippen molar-refractivity contribution in [2.75, 3.05) is 13.2 Å². The van der Waals surface area contributed by atoms with E-state index in [1.54, 1.807) is 18.2 Å². The van der Waals surface area contributed by atoms with E-state index < -0.39 is 0 Å². The largest absolute Gasteiger partial charge is 0.396 e. The van der Waals surface area contributed by atoms with Crippen LogP contribution in [0.2, 0.25) is 10.0 Å². The van der Waals surface area contributed by atoms with Gasteiger partial charge in [-0.15, -0.1) is 0 Å². The Morgan fingerprint density at radius 2 is 2.12 bits per heavy atom. The fourth-order valence-electron chi connectivity index (χ4n) is 1.21. The zero-order chi connectivity index (χ0) is 12.0. The molecule has 0 aliphatic rings. The molecule has 0 heterocycles. The topological polar surface area (TPSA) is 49.3 Å². The minimum absolute atomic E-state index is 0.0714. The molecular weight excluding hydrogens is 249 g/mol. The number of aliphatic hydroxyl groups excluding tert-OH is 1. The van der Waals surface area contributed by atoms with E-state index in [2.05, 4.69) is 5.32 Å². The predicted molar refractivity (Wildman–Crippen MR) is 64.9 cm³/mol. The van der Waals surface area contributed by atoms with E-state index in [-0.39, 0.29) is 18.9 Å². The Balaban J connectivity index is 2.49. The van der Waals surface area contributed by atoms with Gasteiger partial charge in [-0.1, -0.05) is 29.3 Å². The van der Waals surface area contributed by atoms with E-state index in [9.17, 15) is 4.79 Å². The molecule has 0 bridgehead atoms. The summed E-state index contributed by atoms with van der Waals surface area (Å²) >= 11 is 11.7. The number of carbonyl (C=O) groups is 1. The molecule has 0 radical (unpaired) electrons. The molecule has 0 aliphatic heterocycles. The summed E-state index contributed by atoms with van der Waals surface area (Å²) < 4.78 is 0. The third-order valence-corrected chi connectivity index (χ3v) is 2.61. The van der Waals surface area contributed by atoms with Gasteiger partial charge in [-0.2, -0.15) is 0 Å². The van der Waals surface area contributed by atoms with Crippen LogP contribution in [-0.2, 0) is 11.2 Å². The molecule has 1 rings (SSSR count). The van der Waals surface area contributed by atoms with E-state index in [0.29, 0.717) is 23.0 Å². The summed E-state index contributed by atoms with van der Waals surface area (Å²) in [5.74, 6) is -0.113. The van der Waals surface area contributed by atoms with Gasteiger partial charge in [0.05, 0.1) is 6.42 Å². The number of amides is 1. The molecule has 0 unspecified atom stereocenters.